The first-order valence-corrected chi connectivity index (χ1v) is 7.49. The van der Waals surface area contributed by atoms with E-state index in [0.29, 0.717) is 10.9 Å². The largest absolute Gasteiger partial charge is 0.417 e. The summed E-state index contributed by atoms with van der Waals surface area (Å²) in [6, 6.07) is 2.48. The lowest BCUT2D eigenvalue weighted by atomic mass is 10.1. The van der Waals surface area contributed by atoms with Crippen LogP contribution >= 0.6 is 11.8 Å². The molecule has 0 bridgehead atoms. The fourth-order valence-corrected chi connectivity index (χ4v) is 2.66. The van der Waals surface area contributed by atoms with E-state index in [1.54, 1.807) is 0 Å². The smallest absolute Gasteiger partial charge is 0.381 e. The average molecular weight is 306 g/mol. The molecule has 2 rings (SSSR count). The number of halogens is 3. The van der Waals surface area contributed by atoms with Gasteiger partial charge in [-0.15, -0.1) is 11.8 Å². The van der Waals surface area contributed by atoms with Gasteiger partial charge in [0, 0.05) is 31.6 Å². The number of nitrogens with zero attached hydrogens (tertiary/aromatic N) is 1. The van der Waals surface area contributed by atoms with Gasteiger partial charge in [-0.25, -0.2) is 4.98 Å². The third-order valence-corrected chi connectivity index (χ3v) is 3.99. The van der Waals surface area contributed by atoms with Gasteiger partial charge in [0.1, 0.15) is 0 Å². The van der Waals surface area contributed by atoms with E-state index in [-0.39, 0.29) is 0 Å². The predicted molar refractivity (Wildman–Crippen MR) is 71.8 cm³/mol. The molecular weight excluding hydrogens is 289 g/mol. The topological polar surface area (TPSA) is 34.1 Å². The van der Waals surface area contributed by atoms with Crippen molar-refractivity contribution >= 4 is 11.8 Å². The van der Waals surface area contributed by atoms with Crippen LogP contribution in [0.5, 0.6) is 0 Å². The average Bonchev–Trinajstić information content (AvgIpc) is 2.91. The molecule has 2 heterocycles. The molecule has 0 amide bonds. The summed E-state index contributed by atoms with van der Waals surface area (Å²) < 4.78 is 42.3. The van der Waals surface area contributed by atoms with Crippen molar-refractivity contribution in [3.8, 4) is 0 Å². The summed E-state index contributed by atoms with van der Waals surface area (Å²) in [6.07, 6.45) is -2.34. The third-order valence-electron chi connectivity index (χ3n) is 3.05. The number of ether oxygens (including phenoxy) is 1. The molecule has 0 radical (unpaired) electrons. The Labute approximate surface area is 120 Å². The lowest BCUT2D eigenvalue weighted by Crippen LogP contribution is -2.25. The molecule has 3 nitrogen and oxygen atoms in total. The van der Waals surface area contributed by atoms with Crippen LogP contribution in [0.3, 0.4) is 0 Å². The van der Waals surface area contributed by atoms with Crippen LogP contribution in [0.25, 0.3) is 0 Å². The van der Waals surface area contributed by atoms with Crippen molar-refractivity contribution in [2.75, 3.05) is 32.1 Å². The number of hydrogen-bond acceptors (Lipinski definition) is 4. The van der Waals surface area contributed by atoms with E-state index in [1.165, 1.54) is 17.8 Å². The van der Waals surface area contributed by atoms with Crippen molar-refractivity contribution in [2.45, 2.75) is 17.6 Å². The number of nitrogens with one attached hydrogen (secondary N) is 1. The highest BCUT2D eigenvalue weighted by Crippen LogP contribution is 2.29. The Balaban J connectivity index is 1.64. The lowest BCUT2D eigenvalue weighted by Gasteiger charge is -2.09. The Morgan fingerprint density at radius 2 is 2.25 bits per heavy atom. The highest BCUT2D eigenvalue weighted by Gasteiger charge is 2.30. The number of rotatable bonds is 6. The zero-order valence-corrected chi connectivity index (χ0v) is 11.8. The second-order valence-corrected chi connectivity index (χ2v) is 5.78. The molecule has 1 aromatic heterocycles. The van der Waals surface area contributed by atoms with Gasteiger partial charge in [0.15, 0.2) is 0 Å². The van der Waals surface area contributed by atoms with Crippen LogP contribution < -0.4 is 5.32 Å². The van der Waals surface area contributed by atoms with Crippen LogP contribution in [0.15, 0.2) is 23.4 Å². The van der Waals surface area contributed by atoms with Crippen LogP contribution in [0.4, 0.5) is 13.2 Å². The van der Waals surface area contributed by atoms with Crippen molar-refractivity contribution < 1.29 is 17.9 Å². The molecule has 0 aliphatic carbocycles. The summed E-state index contributed by atoms with van der Waals surface area (Å²) in [7, 11) is 0. The maximum absolute atomic E-state index is 12.4. The van der Waals surface area contributed by atoms with Gasteiger partial charge in [-0.05, 0) is 24.5 Å². The first-order chi connectivity index (χ1) is 9.55. The van der Waals surface area contributed by atoms with E-state index >= 15 is 0 Å². The maximum atomic E-state index is 12.4. The molecule has 1 fully saturated rings. The first kappa shape index (κ1) is 15.6. The van der Waals surface area contributed by atoms with Gasteiger partial charge in [-0.3, -0.25) is 0 Å². The Kier molecular flexibility index (Phi) is 5.68. The number of alkyl halides is 3. The van der Waals surface area contributed by atoms with Crippen molar-refractivity contribution in [3.05, 3.63) is 23.9 Å². The van der Waals surface area contributed by atoms with Crippen molar-refractivity contribution in [1.82, 2.24) is 10.3 Å². The quantitative estimate of drug-likeness (QED) is 0.647. The van der Waals surface area contributed by atoms with Crippen LogP contribution in [-0.2, 0) is 10.9 Å². The van der Waals surface area contributed by atoms with Crippen molar-refractivity contribution in [1.29, 1.82) is 0 Å². The second kappa shape index (κ2) is 7.28. The number of hydrogen-bond donors (Lipinski definition) is 1. The molecule has 1 unspecified atom stereocenters. The summed E-state index contributed by atoms with van der Waals surface area (Å²) in [5, 5.41) is 3.94. The van der Waals surface area contributed by atoms with Crippen LogP contribution in [0, 0.1) is 5.92 Å². The van der Waals surface area contributed by atoms with Gasteiger partial charge in [0.2, 0.25) is 0 Å². The van der Waals surface area contributed by atoms with E-state index in [1.807, 2.05) is 0 Å². The zero-order valence-electron chi connectivity index (χ0n) is 10.9. The van der Waals surface area contributed by atoms with Crippen molar-refractivity contribution in [2.24, 2.45) is 5.92 Å². The van der Waals surface area contributed by atoms with E-state index in [4.69, 9.17) is 4.74 Å². The maximum Gasteiger partial charge on any atom is 0.417 e. The van der Waals surface area contributed by atoms with E-state index < -0.39 is 11.7 Å². The Morgan fingerprint density at radius 1 is 1.40 bits per heavy atom. The van der Waals surface area contributed by atoms with Gasteiger partial charge >= 0.3 is 6.18 Å². The summed E-state index contributed by atoms with van der Waals surface area (Å²) in [5.41, 5.74) is -0.707. The van der Waals surface area contributed by atoms with Crippen LogP contribution in [-0.4, -0.2) is 37.0 Å². The van der Waals surface area contributed by atoms with Gasteiger partial charge < -0.3 is 10.1 Å². The fraction of sp³-hybridized carbons (Fsp3) is 0.615. The third kappa shape index (κ3) is 4.96. The minimum absolute atomic E-state index is 0.587. The zero-order chi connectivity index (χ0) is 14.4. The summed E-state index contributed by atoms with van der Waals surface area (Å²) in [5.74, 6) is 1.37. The van der Waals surface area contributed by atoms with Gasteiger partial charge in [-0.1, -0.05) is 0 Å². The van der Waals surface area contributed by atoms with Gasteiger partial charge in [0.25, 0.3) is 0 Å². The lowest BCUT2D eigenvalue weighted by molar-refractivity contribution is -0.137. The predicted octanol–water partition coefficient (Wildman–Crippen LogP) is 2.82. The normalized spacial score (nSPS) is 19.4. The summed E-state index contributed by atoms with van der Waals surface area (Å²) >= 11 is 1.45. The molecule has 20 heavy (non-hydrogen) atoms. The molecular formula is C13H17F3N2OS. The summed E-state index contributed by atoms with van der Waals surface area (Å²) in [4.78, 5) is 3.82. The Bertz CT molecular complexity index is 405. The number of thioether (sulfide) groups is 1. The van der Waals surface area contributed by atoms with Crippen LogP contribution in [0.2, 0.25) is 0 Å². The highest BCUT2D eigenvalue weighted by atomic mass is 32.2. The van der Waals surface area contributed by atoms with Gasteiger partial charge in [-0.2, -0.15) is 13.2 Å². The second-order valence-electron chi connectivity index (χ2n) is 4.67. The number of aromatic nitrogens is 1. The highest BCUT2D eigenvalue weighted by molar-refractivity contribution is 7.99. The first-order valence-electron chi connectivity index (χ1n) is 6.50. The molecule has 0 saturated carbocycles. The SMILES string of the molecule is FC(F)(F)c1ccc(SCCNCC2CCOC2)nc1. The summed E-state index contributed by atoms with van der Waals surface area (Å²) in [6.45, 7) is 3.40. The number of pyridine rings is 1. The van der Waals surface area contributed by atoms with Gasteiger partial charge in [0.05, 0.1) is 17.2 Å². The molecule has 1 saturated heterocycles. The minimum atomic E-state index is -4.32. The van der Waals surface area contributed by atoms with E-state index in [0.717, 1.165) is 50.7 Å². The molecule has 0 spiro atoms. The molecule has 0 aromatic carbocycles. The van der Waals surface area contributed by atoms with Crippen molar-refractivity contribution in [3.63, 3.8) is 0 Å². The molecule has 1 aromatic rings. The van der Waals surface area contributed by atoms with Crippen LogP contribution in [0.1, 0.15) is 12.0 Å². The standard InChI is InChI=1S/C13H17F3N2OS/c14-13(15,16)11-1-2-12(18-8-11)20-6-4-17-7-10-3-5-19-9-10/h1-2,8,10,17H,3-7,9H2. The molecule has 1 N–H and O–H groups in total. The Morgan fingerprint density at radius 3 is 2.85 bits per heavy atom. The Hall–Kier alpha value is -0.790. The molecule has 1 aliphatic heterocycles. The monoisotopic (exact) mass is 306 g/mol. The molecule has 112 valence electrons. The fourth-order valence-electron chi connectivity index (χ4n) is 1.91. The van der Waals surface area contributed by atoms with E-state index in [9.17, 15) is 13.2 Å². The molecule has 1 aliphatic rings. The van der Waals surface area contributed by atoms with E-state index in [2.05, 4.69) is 10.3 Å². The molecule has 1 atom stereocenters. The minimum Gasteiger partial charge on any atom is -0.381 e. The molecule has 7 heteroatoms.